The monoisotopic (exact) mass is 291 g/mol. The Kier molecular flexibility index (Phi) is 3.28. The molecule has 0 unspecified atom stereocenters. The van der Waals surface area contributed by atoms with Gasteiger partial charge in [-0.3, -0.25) is 4.79 Å². The van der Waals surface area contributed by atoms with Gasteiger partial charge in [-0.2, -0.15) is 9.50 Å². The fourth-order valence-electron chi connectivity index (χ4n) is 2.70. The van der Waals surface area contributed by atoms with Crippen molar-refractivity contribution in [3.63, 3.8) is 0 Å². The highest BCUT2D eigenvalue weighted by molar-refractivity contribution is 5.70. The minimum absolute atomic E-state index is 0.182. The zero-order chi connectivity index (χ0) is 15.0. The number of nitrogen functional groups attached to an aromatic ring is 1. The van der Waals surface area contributed by atoms with Crippen LogP contribution in [0, 0.1) is 5.92 Å². The Morgan fingerprint density at radius 3 is 2.76 bits per heavy atom. The maximum absolute atomic E-state index is 11.0. The smallest absolute Gasteiger partial charge is 0.306 e. The first kappa shape index (κ1) is 13.5. The molecule has 0 atom stereocenters. The first-order valence-corrected chi connectivity index (χ1v) is 6.77. The highest BCUT2D eigenvalue weighted by atomic mass is 16.5. The van der Waals surface area contributed by atoms with E-state index in [1.165, 1.54) is 0 Å². The van der Waals surface area contributed by atoms with Crippen LogP contribution >= 0.6 is 0 Å². The maximum atomic E-state index is 11.0. The fraction of sp³-hybridized carbons (Fsp3) is 0.462. The number of aromatic nitrogens is 3. The molecule has 0 aromatic carbocycles. The summed E-state index contributed by atoms with van der Waals surface area (Å²) in [4.78, 5) is 17.3. The second-order valence-corrected chi connectivity index (χ2v) is 5.06. The zero-order valence-electron chi connectivity index (χ0n) is 11.7. The normalized spacial score (nSPS) is 16.3. The third kappa shape index (κ3) is 2.32. The molecule has 2 aromatic heterocycles. The van der Waals surface area contributed by atoms with Crippen molar-refractivity contribution in [3.05, 3.63) is 12.1 Å². The highest BCUT2D eigenvalue weighted by Gasteiger charge is 2.26. The number of hydrogen-bond donors (Lipinski definition) is 2. The molecule has 112 valence electrons. The van der Waals surface area contributed by atoms with E-state index in [2.05, 4.69) is 15.0 Å². The van der Waals surface area contributed by atoms with Gasteiger partial charge in [-0.05, 0) is 25.0 Å². The molecule has 3 heterocycles. The molecule has 1 aliphatic rings. The number of hydrogen-bond acceptors (Lipinski definition) is 6. The maximum Gasteiger partial charge on any atom is 0.306 e. The van der Waals surface area contributed by atoms with E-state index in [0.29, 0.717) is 37.3 Å². The number of fused-ring (bicyclic) bond motifs is 1. The van der Waals surface area contributed by atoms with Crippen LogP contribution in [-0.4, -0.2) is 45.9 Å². The molecular formula is C13H17N5O3. The first-order valence-electron chi connectivity index (χ1n) is 6.77. The molecule has 0 amide bonds. The van der Waals surface area contributed by atoms with Gasteiger partial charge in [-0.15, -0.1) is 5.10 Å². The van der Waals surface area contributed by atoms with Crippen molar-refractivity contribution in [2.75, 3.05) is 30.8 Å². The Balaban J connectivity index is 1.93. The summed E-state index contributed by atoms with van der Waals surface area (Å²) in [5, 5.41) is 13.3. The summed E-state index contributed by atoms with van der Waals surface area (Å²) in [5.74, 6) is 0.638. The van der Waals surface area contributed by atoms with E-state index < -0.39 is 5.97 Å². The molecule has 0 aliphatic carbocycles. The largest absolute Gasteiger partial charge is 0.493 e. The molecule has 0 radical (unpaired) electrons. The minimum Gasteiger partial charge on any atom is -0.493 e. The van der Waals surface area contributed by atoms with E-state index in [4.69, 9.17) is 15.6 Å². The SMILES string of the molecule is COc1ccc(N2CCC(C(=O)O)CC2)n2nc(N)nc12. The van der Waals surface area contributed by atoms with E-state index in [9.17, 15) is 4.79 Å². The number of methoxy groups -OCH3 is 1. The van der Waals surface area contributed by atoms with Crippen molar-refractivity contribution < 1.29 is 14.6 Å². The standard InChI is InChI=1S/C13H17N5O3/c1-21-9-2-3-10(18-11(9)15-13(14)16-18)17-6-4-8(5-7-17)12(19)20/h2-3,8H,4-7H2,1H3,(H2,14,16)(H,19,20). The number of pyridine rings is 1. The van der Waals surface area contributed by atoms with Crippen molar-refractivity contribution in [1.82, 2.24) is 14.6 Å². The third-order valence-corrected chi connectivity index (χ3v) is 3.83. The van der Waals surface area contributed by atoms with Crippen LogP contribution < -0.4 is 15.4 Å². The van der Waals surface area contributed by atoms with Gasteiger partial charge in [0.15, 0.2) is 5.75 Å². The lowest BCUT2D eigenvalue weighted by molar-refractivity contribution is -0.142. The van der Waals surface area contributed by atoms with Crippen molar-refractivity contribution in [2.45, 2.75) is 12.8 Å². The van der Waals surface area contributed by atoms with Crippen molar-refractivity contribution in [1.29, 1.82) is 0 Å². The van der Waals surface area contributed by atoms with E-state index in [1.807, 2.05) is 12.1 Å². The molecule has 1 aliphatic heterocycles. The average Bonchev–Trinajstić information content (AvgIpc) is 2.87. The summed E-state index contributed by atoms with van der Waals surface area (Å²) in [6.45, 7) is 1.33. The van der Waals surface area contributed by atoms with Gasteiger partial charge in [0.1, 0.15) is 5.82 Å². The van der Waals surface area contributed by atoms with Gasteiger partial charge in [0.2, 0.25) is 11.6 Å². The van der Waals surface area contributed by atoms with Gasteiger partial charge in [-0.1, -0.05) is 0 Å². The van der Waals surface area contributed by atoms with Crippen LogP contribution in [0.25, 0.3) is 5.65 Å². The Bertz CT molecular complexity index is 676. The Morgan fingerprint density at radius 2 is 2.14 bits per heavy atom. The van der Waals surface area contributed by atoms with E-state index in [-0.39, 0.29) is 11.9 Å². The van der Waals surface area contributed by atoms with E-state index in [0.717, 1.165) is 5.82 Å². The highest BCUT2D eigenvalue weighted by Crippen LogP contribution is 2.28. The zero-order valence-corrected chi connectivity index (χ0v) is 11.7. The predicted octanol–water partition coefficient (Wildman–Crippen LogP) is 0.621. The van der Waals surface area contributed by atoms with Gasteiger partial charge in [0.05, 0.1) is 13.0 Å². The molecule has 2 aromatic rings. The van der Waals surface area contributed by atoms with Crippen LogP contribution in [0.15, 0.2) is 12.1 Å². The van der Waals surface area contributed by atoms with E-state index >= 15 is 0 Å². The number of nitrogens with zero attached hydrogens (tertiary/aromatic N) is 4. The van der Waals surface area contributed by atoms with Crippen LogP contribution in [0.2, 0.25) is 0 Å². The second-order valence-electron chi connectivity index (χ2n) is 5.06. The number of ether oxygens (including phenoxy) is 1. The molecule has 3 N–H and O–H groups in total. The summed E-state index contributed by atoms with van der Waals surface area (Å²) < 4.78 is 6.90. The van der Waals surface area contributed by atoms with Gasteiger partial charge in [0.25, 0.3) is 0 Å². The van der Waals surface area contributed by atoms with Gasteiger partial charge < -0.3 is 20.5 Å². The first-order chi connectivity index (χ1) is 10.1. The lowest BCUT2D eigenvalue weighted by Crippen LogP contribution is -2.37. The van der Waals surface area contributed by atoms with Crippen LogP contribution in [0.5, 0.6) is 5.75 Å². The van der Waals surface area contributed by atoms with Crippen molar-refractivity contribution >= 4 is 23.4 Å². The molecule has 1 saturated heterocycles. The Hall–Kier alpha value is -2.51. The lowest BCUT2D eigenvalue weighted by atomic mass is 9.97. The topological polar surface area (TPSA) is 106 Å². The molecule has 21 heavy (non-hydrogen) atoms. The number of carboxylic acids is 1. The second kappa shape index (κ2) is 5.12. The summed E-state index contributed by atoms with van der Waals surface area (Å²) in [5.41, 5.74) is 6.24. The van der Waals surface area contributed by atoms with Gasteiger partial charge in [-0.25, -0.2) is 0 Å². The molecule has 8 nitrogen and oxygen atoms in total. The summed E-state index contributed by atoms with van der Waals surface area (Å²) in [6.07, 6.45) is 1.24. The number of aliphatic carboxylic acids is 1. The van der Waals surface area contributed by atoms with Crippen molar-refractivity contribution in [3.8, 4) is 5.75 Å². The molecular weight excluding hydrogens is 274 g/mol. The summed E-state index contributed by atoms with van der Waals surface area (Å²) in [7, 11) is 1.57. The molecule has 1 fully saturated rings. The van der Waals surface area contributed by atoms with Crippen LogP contribution in [0.4, 0.5) is 11.8 Å². The number of carboxylic acid groups (broad SMARTS) is 1. The summed E-state index contributed by atoms with van der Waals surface area (Å²) >= 11 is 0. The lowest BCUT2D eigenvalue weighted by Gasteiger charge is -2.31. The number of rotatable bonds is 3. The molecule has 0 bridgehead atoms. The average molecular weight is 291 g/mol. The number of anilines is 2. The van der Waals surface area contributed by atoms with Gasteiger partial charge >= 0.3 is 5.97 Å². The number of nitrogens with two attached hydrogens (primary N) is 1. The van der Waals surface area contributed by atoms with Crippen LogP contribution in [0.1, 0.15) is 12.8 Å². The summed E-state index contributed by atoms with van der Waals surface area (Å²) in [6, 6.07) is 3.71. The molecule has 8 heteroatoms. The molecule has 0 spiro atoms. The fourth-order valence-corrected chi connectivity index (χ4v) is 2.70. The van der Waals surface area contributed by atoms with Crippen LogP contribution in [0.3, 0.4) is 0 Å². The Labute approximate surface area is 121 Å². The van der Waals surface area contributed by atoms with Crippen molar-refractivity contribution in [2.24, 2.45) is 5.92 Å². The number of carbonyl (C=O) groups is 1. The third-order valence-electron chi connectivity index (χ3n) is 3.83. The number of piperidine rings is 1. The Morgan fingerprint density at radius 1 is 1.43 bits per heavy atom. The quantitative estimate of drug-likeness (QED) is 0.853. The molecule has 0 saturated carbocycles. The van der Waals surface area contributed by atoms with E-state index in [1.54, 1.807) is 11.6 Å². The van der Waals surface area contributed by atoms with Crippen LogP contribution in [-0.2, 0) is 4.79 Å². The van der Waals surface area contributed by atoms with Gasteiger partial charge in [0, 0.05) is 13.1 Å². The predicted molar refractivity (Wildman–Crippen MR) is 76.5 cm³/mol. The molecule has 3 rings (SSSR count). The minimum atomic E-state index is -0.723.